The SMILES string of the molecule is CS(=O)(=O)N=C(C(=O)O)C(F)(F)F. The lowest BCUT2D eigenvalue weighted by molar-refractivity contribution is -0.133. The highest BCUT2D eigenvalue weighted by molar-refractivity contribution is 7.89. The van der Waals surface area contributed by atoms with E-state index < -0.39 is 27.9 Å². The number of halogens is 3. The summed E-state index contributed by atoms with van der Waals surface area (Å²) in [5.74, 6) is -2.43. The quantitative estimate of drug-likeness (QED) is 0.664. The zero-order chi connectivity index (χ0) is 10.9. The standard InChI is InChI=1S/C4H4F3NO4S/c1-13(11,12)8-2(3(9)10)4(5,6)7/h1H3,(H,9,10). The lowest BCUT2D eigenvalue weighted by atomic mass is 10.4. The second-order valence-corrected chi connectivity index (χ2v) is 3.62. The van der Waals surface area contributed by atoms with E-state index in [4.69, 9.17) is 5.11 Å². The lowest BCUT2D eigenvalue weighted by Gasteiger charge is -2.03. The van der Waals surface area contributed by atoms with Gasteiger partial charge in [-0.2, -0.15) is 17.6 Å². The van der Waals surface area contributed by atoms with Gasteiger partial charge in [0.1, 0.15) is 0 Å². The van der Waals surface area contributed by atoms with Gasteiger partial charge in [-0.15, -0.1) is 0 Å². The highest BCUT2D eigenvalue weighted by Crippen LogP contribution is 2.18. The first-order valence-electron chi connectivity index (χ1n) is 2.64. The molecule has 1 N–H and O–H groups in total. The van der Waals surface area contributed by atoms with Crippen molar-refractivity contribution in [2.75, 3.05) is 6.26 Å². The molecule has 0 aromatic rings. The van der Waals surface area contributed by atoms with Crippen LogP contribution in [0.1, 0.15) is 0 Å². The third kappa shape index (κ3) is 4.45. The molecule has 0 bridgehead atoms. The molecule has 0 radical (unpaired) electrons. The van der Waals surface area contributed by atoms with Gasteiger partial charge in [0.25, 0.3) is 10.0 Å². The van der Waals surface area contributed by atoms with Crippen LogP contribution >= 0.6 is 0 Å². The van der Waals surface area contributed by atoms with Gasteiger partial charge in [0, 0.05) is 0 Å². The first-order valence-corrected chi connectivity index (χ1v) is 4.49. The number of sulfonamides is 1. The maximum absolute atomic E-state index is 11.7. The summed E-state index contributed by atoms with van der Waals surface area (Å²) in [6, 6.07) is 0. The van der Waals surface area contributed by atoms with E-state index in [2.05, 4.69) is 0 Å². The van der Waals surface area contributed by atoms with Crippen LogP contribution in [-0.2, 0) is 14.8 Å². The molecule has 0 aromatic carbocycles. The van der Waals surface area contributed by atoms with Crippen molar-refractivity contribution in [3.05, 3.63) is 0 Å². The molecule has 13 heavy (non-hydrogen) atoms. The van der Waals surface area contributed by atoms with Crippen LogP contribution in [0, 0.1) is 0 Å². The molecule has 9 heteroatoms. The number of aliphatic carboxylic acids is 1. The number of hydrogen-bond acceptors (Lipinski definition) is 3. The number of hydrogen-bond donors (Lipinski definition) is 1. The highest BCUT2D eigenvalue weighted by Gasteiger charge is 2.42. The molecular formula is C4H4F3NO4S. The third-order valence-corrected chi connectivity index (χ3v) is 1.24. The Morgan fingerprint density at radius 1 is 1.38 bits per heavy atom. The first-order chi connectivity index (χ1) is 5.54. The van der Waals surface area contributed by atoms with Crippen molar-refractivity contribution >= 4 is 21.7 Å². The average Bonchev–Trinajstić information content (AvgIpc) is 1.77. The molecule has 0 saturated heterocycles. The fourth-order valence-corrected chi connectivity index (χ4v) is 0.891. The summed E-state index contributed by atoms with van der Waals surface area (Å²) in [5, 5.41) is 7.96. The lowest BCUT2D eigenvalue weighted by Crippen LogP contribution is -2.31. The van der Waals surface area contributed by atoms with E-state index in [1.807, 2.05) is 4.40 Å². The van der Waals surface area contributed by atoms with Gasteiger partial charge in [-0.05, 0) is 0 Å². The molecule has 0 saturated carbocycles. The fraction of sp³-hybridized carbons (Fsp3) is 0.500. The molecule has 0 aliphatic carbocycles. The van der Waals surface area contributed by atoms with Crippen molar-refractivity contribution < 1.29 is 31.5 Å². The monoisotopic (exact) mass is 219 g/mol. The van der Waals surface area contributed by atoms with Crippen molar-refractivity contribution in [1.29, 1.82) is 0 Å². The molecule has 0 amide bonds. The maximum atomic E-state index is 11.7. The van der Waals surface area contributed by atoms with Crippen molar-refractivity contribution in [3.8, 4) is 0 Å². The Morgan fingerprint density at radius 3 is 1.85 bits per heavy atom. The second-order valence-electron chi connectivity index (χ2n) is 1.98. The average molecular weight is 219 g/mol. The summed E-state index contributed by atoms with van der Waals surface area (Å²) >= 11 is 0. The molecule has 0 atom stereocenters. The van der Waals surface area contributed by atoms with Crippen LogP contribution in [0.5, 0.6) is 0 Å². The van der Waals surface area contributed by atoms with Crippen LogP contribution in [0.2, 0.25) is 0 Å². The molecule has 5 nitrogen and oxygen atoms in total. The van der Waals surface area contributed by atoms with Crippen LogP contribution in [0.15, 0.2) is 4.40 Å². The molecule has 0 aliphatic heterocycles. The number of carboxylic acid groups (broad SMARTS) is 1. The Bertz CT molecular complexity index is 341. The maximum Gasteiger partial charge on any atom is 0.441 e. The normalized spacial score (nSPS) is 14.3. The molecule has 0 spiro atoms. The van der Waals surface area contributed by atoms with E-state index in [1.54, 1.807) is 0 Å². The largest absolute Gasteiger partial charge is 0.476 e. The van der Waals surface area contributed by atoms with Gasteiger partial charge < -0.3 is 5.11 Å². The molecule has 0 fully saturated rings. The topological polar surface area (TPSA) is 83.8 Å². The van der Waals surface area contributed by atoms with E-state index in [1.165, 1.54) is 0 Å². The number of nitrogens with zero attached hydrogens (tertiary/aromatic N) is 1. The summed E-state index contributed by atoms with van der Waals surface area (Å²) < 4.78 is 57.7. The van der Waals surface area contributed by atoms with Gasteiger partial charge in [-0.25, -0.2) is 13.2 Å². The van der Waals surface area contributed by atoms with E-state index in [0.29, 0.717) is 6.26 Å². The van der Waals surface area contributed by atoms with Gasteiger partial charge in [0.15, 0.2) is 0 Å². The summed E-state index contributed by atoms with van der Waals surface area (Å²) in [6.07, 6.45) is -4.92. The van der Waals surface area contributed by atoms with Gasteiger partial charge in [-0.3, -0.25) is 0 Å². The molecule has 0 aromatic heterocycles. The zero-order valence-electron chi connectivity index (χ0n) is 6.16. The number of carboxylic acids is 1. The number of rotatable bonds is 2. The van der Waals surface area contributed by atoms with Gasteiger partial charge in [0.05, 0.1) is 6.26 Å². The molecule has 0 rings (SSSR count). The van der Waals surface area contributed by atoms with Gasteiger partial charge in [-0.1, -0.05) is 0 Å². The van der Waals surface area contributed by atoms with E-state index in [-0.39, 0.29) is 0 Å². The minimum absolute atomic E-state index is 0.363. The zero-order valence-corrected chi connectivity index (χ0v) is 6.98. The smallest absolute Gasteiger partial charge is 0.441 e. The van der Waals surface area contributed by atoms with Crippen molar-refractivity contribution in [2.24, 2.45) is 4.40 Å². The van der Waals surface area contributed by atoms with Crippen LogP contribution in [0.4, 0.5) is 13.2 Å². The van der Waals surface area contributed by atoms with Crippen LogP contribution in [0.3, 0.4) is 0 Å². The predicted octanol–water partition coefficient (Wildman–Crippen LogP) is 0.0339. The third-order valence-electron chi connectivity index (χ3n) is 0.728. The highest BCUT2D eigenvalue weighted by atomic mass is 32.2. The summed E-state index contributed by atoms with van der Waals surface area (Å²) in [5.41, 5.74) is -2.35. The van der Waals surface area contributed by atoms with Crippen LogP contribution in [0.25, 0.3) is 0 Å². The van der Waals surface area contributed by atoms with Crippen molar-refractivity contribution in [3.63, 3.8) is 0 Å². The molecular weight excluding hydrogens is 215 g/mol. The van der Waals surface area contributed by atoms with Gasteiger partial charge >= 0.3 is 12.1 Å². The Hall–Kier alpha value is -1.12. The van der Waals surface area contributed by atoms with Crippen molar-refractivity contribution in [2.45, 2.75) is 6.18 Å². The Balaban J connectivity index is 5.32. The predicted molar refractivity (Wildman–Crippen MR) is 36.0 cm³/mol. The molecule has 76 valence electrons. The Kier molecular flexibility index (Phi) is 3.04. The Morgan fingerprint density at radius 2 is 1.77 bits per heavy atom. The summed E-state index contributed by atoms with van der Waals surface area (Å²) in [7, 11) is -4.36. The van der Waals surface area contributed by atoms with Crippen LogP contribution < -0.4 is 0 Å². The minimum atomic E-state index is -5.28. The summed E-state index contributed by atoms with van der Waals surface area (Å²) in [6.45, 7) is 0. The van der Waals surface area contributed by atoms with E-state index >= 15 is 0 Å². The van der Waals surface area contributed by atoms with Crippen LogP contribution in [-0.4, -0.2) is 37.6 Å². The number of carbonyl (C=O) groups is 1. The number of alkyl halides is 3. The van der Waals surface area contributed by atoms with E-state index in [9.17, 15) is 26.4 Å². The fourth-order valence-electron chi connectivity index (χ4n) is 0.378. The Labute approximate surface area is 70.9 Å². The molecule has 0 unspecified atom stereocenters. The van der Waals surface area contributed by atoms with E-state index in [0.717, 1.165) is 0 Å². The molecule has 0 aliphatic rings. The van der Waals surface area contributed by atoms with Gasteiger partial charge in [0.2, 0.25) is 5.71 Å². The first kappa shape index (κ1) is 11.9. The second kappa shape index (κ2) is 3.32. The summed E-state index contributed by atoms with van der Waals surface area (Å²) in [4.78, 5) is 9.91. The molecule has 0 heterocycles. The van der Waals surface area contributed by atoms with Crippen molar-refractivity contribution in [1.82, 2.24) is 0 Å². The minimum Gasteiger partial charge on any atom is -0.476 e.